The molecular formula is C30H31F3N6. The van der Waals surface area contributed by atoms with Crippen LogP contribution in [0.1, 0.15) is 48.3 Å². The third kappa shape index (κ3) is 5.68. The van der Waals surface area contributed by atoms with Gasteiger partial charge in [0.2, 0.25) is 5.95 Å². The molecule has 0 radical (unpaired) electrons. The van der Waals surface area contributed by atoms with Crippen LogP contribution in [0.25, 0.3) is 11.1 Å². The van der Waals surface area contributed by atoms with E-state index < -0.39 is 12.0 Å². The molecule has 1 N–H and O–H groups in total. The number of aryl methyl sites for hydroxylation is 2. The van der Waals surface area contributed by atoms with Crippen LogP contribution in [-0.4, -0.2) is 43.8 Å². The third-order valence-corrected chi connectivity index (χ3v) is 7.81. The van der Waals surface area contributed by atoms with E-state index in [1.165, 1.54) is 41.7 Å². The first-order valence-electron chi connectivity index (χ1n) is 13.6. The van der Waals surface area contributed by atoms with E-state index in [0.717, 1.165) is 36.8 Å². The Morgan fingerprint density at radius 2 is 1.67 bits per heavy atom. The summed E-state index contributed by atoms with van der Waals surface area (Å²) in [4.78, 5) is 10.9. The van der Waals surface area contributed by atoms with Crippen LogP contribution in [0.3, 0.4) is 0 Å². The van der Waals surface area contributed by atoms with Crippen molar-refractivity contribution in [3.05, 3.63) is 89.5 Å². The molecule has 1 atom stereocenters. The average molecular weight is 533 g/mol. The van der Waals surface area contributed by atoms with Gasteiger partial charge in [0.15, 0.2) is 0 Å². The molecule has 1 aliphatic carbocycles. The van der Waals surface area contributed by atoms with Crippen molar-refractivity contribution < 1.29 is 13.2 Å². The highest BCUT2D eigenvalue weighted by atomic mass is 19.4. The van der Waals surface area contributed by atoms with Gasteiger partial charge >= 0.3 is 6.18 Å². The van der Waals surface area contributed by atoms with Crippen molar-refractivity contribution in [3.8, 4) is 11.1 Å². The zero-order chi connectivity index (χ0) is 26.8. The van der Waals surface area contributed by atoms with Crippen LogP contribution in [0.5, 0.6) is 0 Å². The number of hydrogen-bond donors (Lipinski definition) is 1. The predicted octanol–water partition coefficient (Wildman–Crippen LogP) is 6.49. The Morgan fingerprint density at radius 1 is 0.897 bits per heavy atom. The normalized spacial score (nSPS) is 18.1. The summed E-state index contributed by atoms with van der Waals surface area (Å²) in [6.45, 7) is 2.42. The molecule has 0 bridgehead atoms. The van der Waals surface area contributed by atoms with Gasteiger partial charge in [0.1, 0.15) is 0 Å². The Bertz CT molecular complexity index is 1430. The van der Waals surface area contributed by atoms with Gasteiger partial charge in [0, 0.05) is 23.5 Å². The Balaban J connectivity index is 1.27. The summed E-state index contributed by atoms with van der Waals surface area (Å²) in [6, 6.07) is 20.1. The smallest absolute Gasteiger partial charge is 0.324 e. The molecule has 1 saturated heterocycles. The summed E-state index contributed by atoms with van der Waals surface area (Å²) < 4.78 is 42.2. The molecule has 6 rings (SSSR count). The van der Waals surface area contributed by atoms with Crippen LogP contribution in [-0.2, 0) is 25.6 Å². The maximum Gasteiger partial charge on any atom is 0.453 e. The molecule has 9 heteroatoms. The number of hydrogen-bond acceptors (Lipinski definition) is 5. The van der Waals surface area contributed by atoms with Gasteiger partial charge in [-0.05, 0) is 86.5 Å². The topological polar surface area (TPSA) is 58.9 Å². The quantitative estimate of drug-likeness (QED) is 0.288. The number of aromatic nitrogens is 4. The lowest BCUT2D eigenvalue weighted by Gasteiger charge is -2.25. The van der Waals surface area contributed by atoms with E-state index in [0.29, 0.717) is 17.4 Å². The molecule has 4 aromatic rings. The number of pyridine rings is 1. The number of halogens is 3. The molecule has 1 unspecified atom stereocenters. The fourth-order valence-electron chi connectivity index (χ4n) is 5.82. The molecule has 3 heterocycles. The number of nitrogens with one attached hydrogen (secondary N) is 1. The zero-order valence-corrected chi connectivity index (χ0v) is 21.7. The van der Waals surface area contributed by atoms with Gasteiger partial charge in [-0.2, -0.15) is 18.2 Å². The van der Waals surface area contributed by atoms with Gasteiger partial charge in [-0.25, -0.2) is 4.68 Å². The summed E-state index contributed by atoms with van der Waals surface area (Å²) >= 11 is 0. The summed E-state index contributed by atoms with van der Waals surface area (Å²) in [6.07, 6.45) is 3.77. The lowest BCUT2D eigenvalue weighted by Crippen LogP contribution is -2.32. The molecule has 2 aromatic carbocycles. The highest BCUT2D eigenvalue weighted by Crippen LogP contribution is 2.32. The van der Waals surface area contributed by atoms with Crippen molar-refractivity contribution in [2.45, 2.75) is 57.3 Å². The number of likely N-dealkylation sites (tertiary alicyclic amines) is 1. The van der Waals surface area contributed by atoms with E-state index >= 15 is 0 Å². The molecule has 2 aromatic heterocycles. The number of anilines is 2. The van der Waals surface area contributed by atoms with Crippen LogP contribution in [0.4, 0.5) is 24.8 Å². The van der Waals surface area contributed by atoms with E-state index in [9.17, 15) is 13.2 Å². The second kappa shape index (κ2) is 10.8. The molecule has 39 heavy (non-hydrogen) atoms. The van der Waals surface area contributed by atoms with Crippen LogP contribution >= 0.6 is 0 Å². The van der Waals surface area contributed by atoms with Gasteiger partial charge in [0.05, 0.1) is 12.2 Å². The predicted molar refractivity (Wildman–Crippen MR) is 145 cm³/mol. The number of nitrogens with zero attached hydrogens (tertiary/aromatic N) is 5. The van der Waals surface area contributed by atoms with E-state index in [1.54, 1.807) is 6.20 Å². The van der Waals surface area contributed by atoms with Gasteiger partial charge in [-0.3, -0.25) is 4.98 Å². The minimum Gasteiger partial charge on any atom is -0.324 e. The van der Waals surface area contributed by atoms with Crippen molar-refractivity contribution in [1.82, 2.24) is 24.6 Å². The van der Waals surface area contributed by atoms with Crippen molar-refractivity contribution >= 4 is 11.6 Å². The minimum atomic E-state index is -4.66. The van der Waals surface area contributed by atoms with Gasteiger partial charge in [-0.1, -0.05) is 42.5 Å². The van der Waals surface area contributed by atoms with E-state index in [1.807, 2.05) is 48.5 Å². The molecule has 1 aliphatic heterocycles. The lowest BCUT2D eigenvalue weighted by atomic mass is 10.0. The molecule has 6 nitrogen and oxygen atoms in total. The van der Waals surface area contributed by atoms with E-state index in [4.69, 9.17) is 0 Å². The average Bonchev–Trinajstić information content (AvgIpc) is 3.56. The maximum absolute atomic E-state index is 13.7. The van der Waals surface area contributed by atoms with Crippen LogP contribution < -0.4 is 5.32 Å². The highest BCUT2D eigenvalue weighted by molar-refractivity contribution is 5.66. The van der Waals surface area contributed by atoms with Gasteiger partial charge in [-0.15, -0.1) is 5.10 Å². The van der Waals surface area contributed by atoms with Crippen LogP contribution in [0.2, 0.25) is 0 Å². The van der Waals surface area contributed by atoms with Gasteiger partial charge in [0.25, 0.3) is 5.82 Å². The fraction of sp³-hybridized carbons (Fsp3) is 0.367. The first-order chi connectivity index (χ1) is 18.9. The Hall–Kier alpha value is -3.72. The Labute approximate surface area is 225 Å². The van der Waals surface area contributed by atoms with Gasteiger partial charge < -0.3 is 10.2 Å². The van der Waals surface area contributed by atoms with E-state index in [2.05, 4.69) is 37.4 Å². The standard InChI is InChI=1S/C30H31F3N6/c31-30(32,33)28-36-29(39(37-28)20-27-26(9-6-16-34-27)22-7-2-1-3-8-22)35-24-13-10-21-11-14-25(15-12-23(21)19-24)38-17-4-5-18-38/h1-3,6-10,13,16,19,25H,4-5,11-12,14-15,17-18,20H2,(H,35,36,37). The van der Waals surface area contributed by atoms with E-state index in [-0.39, 0.29) is 12.5 Å². The van der Waals surface area contributed by atoms with Crippen LogP contribution in [0, 0.1) is 0 Å². The summed E-state index contributed by atoms with van der Waals surface area (Å²) in [5, 5.41) is 6.97. The molecule has 0 amide bonds. The number of alkyl halides is 3. The summed E-state index contributed by atoms with van der Waals surface area (Å²) in [7, 11) is 0. The number of benzene rings is 2. The molecule has 0 spiro atoms. The first-order valence-corrected chi connectivity index (χ1v) is 13.6. The Morgan fingerprint density at radius 3 is 2.44 bits per heavy atom. The number of fused-ring (bicyclic) bond motifs is 1. The van der Waals surface area contributed by atoms with Crippen molar-refractivity contribution in [1.29, 1.82) is 0 Å². The SMILES string of the molecule is FC(F)(F)c1nc(Nc2ccc3c(c2)CCC(N2CCCC2)CC3)n(Cc2ncccc2-c2ccccc2)n1. The third-order valence-electron chi connectivity index (χ3n) is 7.81. The van der Waals surface area contributed by atoms with Crippen molar-refractivity contribution in [2.24, 2.45) is 0 Å². The molecular weight excluding hydrogens is 501 g/mol. The second-order valence-corrected chi connectivity index (χ2v) is 10.4. The van der Waals surface area contributed by atoms with Crippen LogP contribution in [0.15, 0.2) is 66.9 Å². The summed E-state index contributed by atoms with van der Waals surface area (Å²) in [5.74, 6) is -1.14. The van der Waals surface area contributed by atoms with Crippen molar-refractivity contribution in [3.63, 3.8) is 0 Å². The molecule has 0 saturated carbocycles. The number of rotatable bonds is 6. The summed E-state index contributed by atoms with van der Waals surface area (Å²) in [5.41, 5.74) is 5.66. The molecule has 202 valence electrons. The first kappa shape index (κ1) is 25.6. The van der Waals surface area contributed by atoms with Crippen molar-refractivity contribution in [2.75, 3.05) is 18.4 Å². The zero-order valence-electron chi connectivity index (χ0n) is 21.7. The maximum atomic E-state index is 13.7. The fourth-order valence-corrected chi connectivity index (χ4v) is 5.82. The lowest BCUT2D eigenvalue weighted by molar-refractivity contribution is -0.144. The molecule has 2 aliphatic rings. The second-order valence-electron chi connectivity index (χ2n) is 10.4. The monoisotopic (exact) mass is 532 g/mol. The highest BCUT2D eigenvalue weighted by Gasteiger charge is 2.37. The molecule has 1 fully saturated rings. The Kier molecular flexibility index (Phi) is 7.08. The largest absolute Gasteiger partial charge is 0.453 e. The minimum absolute atomic E-state index is 0.0375.